The summed E-state index contributed by atoms with van der Waals surface area (Å²) in [6.45, 7) is 0. The van der Waals surface area contributed by atoms with E-state index in [0.717, 1.165) is 0 Å². The molecule has 0 aromatic carbocycles. The van der Waals surface area contributed by atoms with Crippen molar-refractivity contribution in [3.05, 3.63) is 7.43 Å². The second-order valence-corrected chi connectivity index (χ2v) is 0. The van der Waals surface area contributed by atoms with Crippen molar-refractivity contribution >= 4 is 11.0 Å². The summed E-state index contributed by atoms with van der Waals surface area (Å²) < 4.78 is 0. The third-order valence-electron chi connectivity index (χ3n) is 0. The van der Waals surface area contributed by atoms with Crippen LogP contribution in [-0.4, -0.2) is 11.0 Å². The van der Waals surface area contributed by atoms with Gasteiger partial charge in [0.05, 0.1) is 0 Å². The van der Waals surface area contributed by atoms with E-state index in [1.165, 1.54) is 0 Å². The summed E-state index contributed by atoms with van der Waals surface area (Å²) in [5.41, 5.74) is 0. The van der Waals surface area contributed by atoms with E-state index in [2.05, 4.69) is 0 Å². The molecule has 0 spiro atoms. The molecule has 20 valence electrons. The largest absolute Gasteiger partial charge is 0 e. The standard InChI is InChI=1S/C.Mo.Si.W. The molecule has 8 radical (unpaired) electrons. The van der Waals surface area contributed by atoms with E-state index in [-0.39, 0.29) is 60.5 Å². The van der Waals surface area contributed by atoms with Crippen molar-refractivity contribution < 1.29 is 42.1 Å². The Morgan fingerprint density at radius 2 is 1.00 bits per heavy atom. The Bertz CT molecular complexity index is 8.00. The zero-order chi connectivity index (χ0) is 0. The van der Waals surface area contributed by atoms with Gasteiger partial charge in [-0.3, -0.25) is 0 Å². The molecular formula is CMoSiW. The summed E-state index contributed by atoms with van der Waals surface area (Å²) in [6.07, 6.45) is 0. The Labute approximate surface area is 60.3 Å². The van der Waals surface area contributed by atoms with Crippen molar-refractivity contribution in [3.63, 3.8) is 0 Å². The van der Waals surface area contributed by atoms with Crippen LogP contribution in [0.25, 0.3) is 0 Å². The minimum atomic E-state index is 0. The Morgan fingerprint density at radius 3 is 1.00 bits per heavy atom. The molecule has 0 amide bonds. The summed E-state index contributed by atoms with van der Waals surface area (Å²) in [7, 11) is 0. The van der Waals surface area contributed by atoms with Crippen LogP contribution in [0.3, 0.4) is 0 Å². The van der Waals surface area contributed by atoms with E-state index >= 15 is 0 Å². The van der Waals surface area contributed by atoms with Crippen molar-refractivity contribution in [1.82, 2.24) is 0 Å². The van der Waals surface area contributed by atoms with Crippen LogP contribution in [-0.2, 0) is 42.1 Å². The van der Waals surface area contributed by atoms with Gasteiger partial charge in [-0.05, 0) is 0 Å². The van der Waals surface area contributed by atoms with Crippen molar-refractivity contribution in [2.45, 2.75) is 0 Å². The molecule has 0 unspecified atom stereocenters. The third-order valence-corrected chi connectivity index (χ3v) is 0. The van der Waals surface area contributed by atoms with E-state index in [0.29, 0.717) is 0 Å². The summed E-state index contributed by atoms with van der Waals surface area (Å²) in [6, 6.07) is 0. The SMILES string of the molecule is [C].[Mo].[Si].[W]. The van der Waals surface area contributed by atoms with Crippen LogP contribution in [0, 0.1) is 7.43 Å². The van der Waals surface area contributed by atoms with Crippen LogP contribution in [0.2, 0.25) is 0 Å². The zero-order valence-electron chi connectivity index (χ0n) is 1.82. The van der Waals surface area contributed by atoms with E-state index in [9.17, 15) is 0 Å². The summed E-state index contributed by atoms with van der Waals surface area (Å²) in [5, 5.41) is 0. The van der Waals surface area contributed by atoms with Gasteiger partial charge in [0, 0.05) is 60.5 Å². The molecule has 0 aromatic heterocycles. The number of rotatable bonds is 0. The summed E-state index contributed by atoms with van der Waals surface area (Å²) in [4.78, 5) is 0. The molecule has 0 saturated heterocycles. The van der Waals surface area contributed by atoms with Crippen LogP contribution in [0.1, 0.15) is 0 Å². The fraction of sp³-hybridized carbons (Fsp3) is 0. The number of hydrogen-bond donors (Lipinski definition) is 0. The van der Waals surface area contributed by atoms with Gasteiger partial charge in [-0.25, -0.2) is 0 Å². The monoisotopic (exact) mass is 322 g/mol. The van der Waals surface area contributed by atoms with Gasteiger partial charge >= 0.3 is 0 Å². The normalized spacial score (nSPS) is 0. The molecule has 0 fully saturated rings. The van der Waals surface area contributed by atoms with Gasteiger partial charge in [-0.1, -0.05) is 0 Å². The smallest absolute Gasteiger partial charge is 0 e. The van der Waals surface area contributed by atoms with Crippen molar-refractivity contribution in [1.29, 1.82) is 0 Å². The molecular weight excluding hydrogens is 320 g/mol. The van der Waals surface area contributed by atoms with Crippen molar-refractivity contribution in [2.24, 2.45) is 0 Å². The van der Waals surface area contributed by atoms with Crippen molar-refractivity contribution in [2.75, 3.05) is 0 Å². The predicted octanol–water partition coefficient (Wildman–Crippen LogP) is -0.305. The second kappa shape index (κ2) is 23.4. The Hall–Kier alpha value is 1.59. The molecule has 0 aliphatic rings. The molecule has 0 heterocycles. The van der Waals surface area contributed by atoms with Gasteiger partial charge in [-0.15, -0.1) is 0 Å². The quantitative estimate of drug-likeness (QED) is 0.538. The van der Waals surface area contributed by atoms with Crippen molar-refractivity contribution in [3.8, 4) is 0 Å². The van der Waals surface area contributed by atoms with E-state index in [1.807, 2.05) is 0 Å². The number of hydrogen-bond acceptors (Lipinski definition) is 0. The maximum Gasteiger partial charge on any atom is 0 e. The average Bonchev–Trinajstić information content (AvgIpc) is 0. The van der Waals surface area contributed by atoms with Gasteiger partial charge in [0.15, 0.2) is 0 Å². The van der Waals surface area contributed by atoms with Crippen LogP contribution < -0.4 is 0 Å². The maximum absolute atomic E-state index is 0. The Morgan fingerprint density at radius 1 is 1.00 bits per heavy atom. The molecule has 0 bridgehead atoms. The van der Waals surface area contributed by atoms with Crippen LogP contribution in [0.4, 0.5) is 0 Å². The van der Waals surface area contributed by atoms with Gasteiger partial charge in [0.25, 0.3) is 0 Å². The molecule has 0 aromatic rings. The molecule has 0 saturated carbocycles. The molecule has 3 heteroatoms. The average molecular weight is 320 g/mol. The first kappa shape index (κ1) is 46.5. The minimum Gasteiger partial charge on any atom is 0 e. The summed E-state index contributed by atoms with van der Waals surface area (Å²) in [5.74, 6) is 0. The van der Waals surface area contributed by atoms with E-state index < -0.39 is 0 Å². The van der Waals surface area contributed by atoms with E-state index in [1.54, 1.807) is 0 Å². The molecule has 0 N–H and O–H groups in total. The van der Waals surface area contributed by atoms with E-state index in [4.69, 9.17) is 0 Å². The van der Waals surface area contributed by atoms with Crippen LogP contribution in [0.15, 0.2) is 0 Å². The molecule has 0 rings (SSSR count). The van der Waals surface area contributed by atoms with Gasteiger partial charge in [-0.2, -0.15) is 0 Å². The molecule has 0 atom stereocenters. The Kier molecular flexibility index (Phi) is 271. The fourth-order valence-electron chi connectivity index (χ4n) is 0. The van der Waals surface area contributed by atoms with Gasteiger partial charge in [0.1, 0.15) is 0 Å². The summed E-state index contributed by atoms with van der Waals surface area (Å²) >= 11 is 0. The fourth-order valence-corrected chi connectivity index (χ4v) is 0. The topological polar surface area (TPSA) is 0 Å². The van der Waals surface area contributed by atoms with Gasteiger partial charge in [0.2, 0.25) is 0 Å². The third kappa shape index (κ3) is 9.52. The first-order chi connectivity index (χ1) is 0. The molecule has 0 aliphatic heterocycles. The Balaban J connectivity index is 0. The predicted molar refractivity (Wildman–Crippen MR) is 9.00 cm³/mol. The minimum absolute atomic E-state index is 0. The molecule has 0 aliphatic carbocycles. The van der Waals surface area contributed by atoms with Crippen LogP contribution in [0.5, 0.6) is 0 Å². The second-order valence-electron chi connectivity index (χ2n) is 0. The van der Waals surface area contributed by atoms with Crippen LogP contribution >= 0.6 is 0 Å². The first-order valence-corrected chi connectivity index (χ1v) is 0. The molecule has 4 heavy (non-hydrogen) atoms. The molecule has 0 nitrogen and oxygen atoms in total. The van der Waals surface area contributed by atoms with Gasteiger partial charge < -0.3 is 0 Å². The maximum atomic E-state index is 0. The first-order valence-electron chi connectivity index (χ1n) is 0. The zero-order valence-corrected chi connectivity index (χ0v) is 7.76.